The number of anilines is 1. The fourth-order valence-corrected chi connectivity index (χ4v) is 3.48. The second-order valence-corrected chi connectivity index (χ2v) is 5.94. The van der Waals surface area contributed by atoms with E-state index in [1.54, 1.807) is 0 Å². The van der Waals surface area contributed by atoms with Crippen LogP contribution in [0.5, 0.6) is 0 Å². The van der Waals surface area contributed by atoms with Gasteiger partial charge < -0.3 is 0 Å². The van der Waals surface area contributed by atoms with Crippen LogP contribution in [-0.2, 0) is 0 Å². The molecule has 0 aliphatic rings. The first kappa shape index (κ1) is 11.6. The van der Waals surface area contributed by atoms with E-state index in [4.69, 9.17) is 12.2 Å². The first-order chi connectivity index (χ1) is 7.79. The van der Waals surface area contributed by atoms with Crippen LogP contribution < -0.4 is 10.6 Å². The van der Waals surface area contributed by atoms with Crippen LogP contribution in [0.4, 0.5) is 4.69 Å². The van der Waals surface area contributed by atoms with E-state index in [9.17, 15) is 0 Å². The van der Waals surface area contributed by atoms with Crippen molar-refractivity contribution in [2.75, 3.05) is 11.9 Å². The van der Waals surface area contributed by atoms with E-state index in [0.29, 0.717) is 5.11 Å². The standard InChI is InChI=1S/C11H13N3SSe/c1-2-7-12-10(15)14-11-13-8-5-3-4-6-9(8)16-11/h3-6H,2,7H2,1H3,(H2,12,13,14,15). The van der Waals surface area contributed by atoms with Crippen molar-refractivity contribution in [3.63, 3.8) is 0 Å². The fraction of sp³-hybridized carbons (Fsp3) is 0.273. The zero-order chi connectivity index (χ0) is 11.4. The van der Waals surface area contributed by atoms with Crippen LogP contribution in [0, 0.1) is 0 Å². The molecule has 2 aromatic rings. The topological polar surface area (TPSA) is 37.0 Å². The van der Waals surface area contributed by atoms with E-state index in [1.807, 2.05) is 18.2 Å². The number of benzene rings is 1. The van der Waals surface area contributed by atoms with Gasteiger partial charge >= 0.3 is 106 Å². The summed E-state index contributed by atoms with van der Waals surface area (Å²) in [5.41, 5.74) is 1.07. The summed E-state index contributed by atoms with van der Waals surface area (Å²) >= 11 is 5.43. The van der Waals surface area contributed by atoms with Crippen molar-refractivity contribution >= 4 is 46.3 Å². The van der Waals surface area contributed by atoms with Gasteiger partial charge in [0.2, 0.25) is 0 Å². The van der Waals surface area contributed by atoms with Gasteiger partial charge in [0, 0.05) is 0 Å². The van der Waals surface area contributed by atoms with Gasteiger partial charge in [-0.1, -0.05) is 0 Å². The number of hydrogen-bond donors (Lipinski definition) is 2. The first-order valence-corrected chi connectivity index (χ1v) is 7.32. The van der Waals surface area contributed by atoms with Gasteiger partial charge in [0.1, 0.15) is 0 Å². The molecule has 84 valence electrons. The Morgan fingerprint density at radius 2 is 2.25 bits per heavy atom. The Bertz CT molecular complexity index is 462. The summed E-state index contributed by atoms with van der Waals surface area (Å²) in [5.74, 6) is 0. The van der Waals surface area contributed by atoms with Crippen molar-refractivity contribution in [2.45, 2.75) is 13.3 Å². The third-order valence-corrected chi connectivity index (χ3v) is 4.29. The number of nitrogens with zero attached hydrogens (tertiary/aromatic N) is 1. The molecule has 0 aliphatic carbocycles. The SMILES string of the molecule is CCCNC(=S)Nc1nc2ccccc2[se]1. The summed E-state index contributed by atoms with van der Waals surface area (Å²) in [6.07, 6.45) is 1.07. The summed E-state index contributed by atoms with van der Waals surface area (Å²) < 4.78 is 2.30. The zero-order valence-corrected chi connectivity index (χ0v) is 11.5. The second kappa shape index (κ2) is 5.43. The van der Waals surface area contributed by atoms with Gasteiger partial charge in [0.15, 0.2) is 0 Å². The van der Waals surface area contributed by atoms with Gasteiger partial charge in [0.05, 0.1) is 0 Å². The molecular weight excluding hydrogens is 285 g/mol. The van der Waals surface area contributed by atoms with Crippen LogP contribution >= 0.6 is 12.2 Å². The molecule has 3 nitrogen and oxygen atoms in total. The van der Waals surface area contributed by atoms with Crippen molar-refractivity contribution in [2.24, 2.45) is 0 Å². The number of thiocarbonyl (C=S) groups is 1. The number of rotatable bonds is 3. The summed E-state index contributed by atoms with van der Waals surface area (Å²) in [4.78, 5) is 4.51. The molecule has 1 aromatic heterocycles. The van der Waals surface area contributed by atoms with Gasteiger partial charge in [-0.25, -0.2) is 0 Å². The predicted octanol–water partition coefficient (Wildman–Crippen LogP) is 1.99. The van der Waals surface area contributed by atoms with Crippen LogP contribution in [0.25, 0.3) is 9.78 Å². The number of aromatic nitrogens is 1. The van der Waals surface area contributed by atoms with Gasteiger partial charge in [-0.2, -0.15) is 0 Å². The summed E-state index contributed by atoms with van der Waals surface area (Å²) in [6, 6.07) is 8.21. The van der Waals surface area contributed by atoms with Gasteiger partial charge in [-0.3, -0.25) is 0 Å². The molecule has 16 heavy (non-hydrogen) atoms. The minimum absolute atomic E-state index is 0.258. The van der Waals surface area contributed by atoms with E-state index in [1.165, 1.54) is 4.26 Å². The Balaban J connectivity index is 2.07. The molecule has 5 heteroatoms. The molecule has 1 aromatic carbocycles. The zero-order valence-electron chi connectivity index (χ0n) is 8.99. The van der Waals surface area contributed by atoms with E-state index in [0.717, 1.165) is 23.2 Å². The predicted molar refractivity (Wildman–Crippen MR) is 73.2 cm³/mol. The molecule has 0 amide bonds. The molecule has 0 unspecified atom stereocenters. The van der Waals surface area contributed by atoms with Gasteiger partial charge in [-0.15, -0.1) is 0 Å². The van der Waals surface area contributed by atoms with Crippen LogP contribution in [-0.4, -0.2) is 31.1 Å². The quantitative estimate of drug-likeness (QED) is 0.671. The maximum absolute atomic E-state index is 5.17. The van der Waals surface area contributed by atoms with E-state index in [-0.39, 0.29) is 14.5 Å². The number of hydrogen-bond acceptors (Lipinski definition) is 2. The summed E-state index contributed by atoms with van der Waals surface area (Å²) in [5, 5.41) is 6.97. The Kier molecular flexibility index (Phi) is 3.93. The van der Waals surface area contributed by atoms with Crippen molar-refractivity contribution < 1.29 is 0 Å². The number of nitrogens with one attached hydrogen (secondary N) is 2. The minimum atomic E-state index is 0.258. The fourth-order valence-electron chi connectivity index (χ4n) is 1.31. The normalized spacial score (nSPS) is 10.3. The molecule has 0 saturated heterocycles. The summed E-state index contributed by atoms with van der Waals surface area (Å²) in [6.45, 7) is 3.02. The van der Waals surface area contributed by atoms with Crippen molar-refractivity contribution in [3.8, 4) is 0 Å². The van der Waals surface area contributed by atoms with Crippen molar-refractivity contribution in [3.05, 3.63) is 24.3 Å². The molecule has 0 aliphatic heterocycles. The number of para-hydroxylation sites is 1. The molecule has 0 atom stereocenters. The molecule has 1 heterocycles. The molecule has 2 N–H and O–H groups in total. The van der Waals surface area contributed by atoms with E-state index in [2.05, 4.69) is 28.6 Å². The first-order valence-electron chi connectivity index (χ1n) is 5.20. The van der Waals surface area contributed by atoms with Crippen LogP contribution in [0.2, 0.25) is 0 Å². The van der Waals surface area contributed by atoms with Crippen LogP contribution in [0.3, 0.4) is 0 Å². The van der Waals surface area contributed by atoms with Crippen LogP contribution in [0.1, 0.15) is 13.3 Å². The van der Waals surface area contributed by atoms with E-state index >= 15 is 0 Å². The Morgan fingerprint density at radius 3 is 3.00 bits per heavy atom. The Morgan fingerprint density at radius 1 is 1.44 bits per heavy atom. The molecule has 0 fully saturated rings. The molecule has 2 rings (SSSR count). The van der Waals surface area contributed by atoms with E-state index < -0.39 is 0 Å². The van der Waals surface area contributed by atoms with Crippen molar-refractivity contribution in [1.29, 1.82) is 0 Å². The average Bonchev–Trinajstić information content (AvgIpc) is 2.68. The maximum atomic E-state index is 5.17. The monoisotopic (exact) mass is 299 g/mol. The molecule has 0 bridgehead atoms. The molecular formula is C11H13N3SSe. The van der Waals surface area contributed by atoms with Crippen molar-refractivity contribution in [1.82, 2.24) is 10.3 Å². The van der Waals surface area contributed by atoms with Gasteiger partial charge in [0.25, 0.3) is 0 Å². The third kappa shape index (κ3) is 2.82. The molecule has 0 saturated carbocycles. The third-order valence-electron chi connectivity index (χ3n) is 2.05. The second-order valence-electron chi connectivity index (χ2n) is 3.37. The molecule has 0 spiro atoms. The average molecular weight is 298 g/mol. The summed E-state index contributed by atoms with van der Waals surface area (Å²) in [7, 11) is 0. The van der Waals surface area contributed by atoms with Gasteiger partial charge in [-0.05, 0) is 0 Å². The molecule has 0 radical (unpaired) electrons. The Labute approximate surface area is 106 Å². The number of fused-ring (bicyclic) bond motifs is 1. The van der Waals surface area contributed by atoms with Crippen LogP contribution in [0.15, 0.2) is 24.3 Å². The Hall–Kier alpha value is -0.901.